The lowest BCUT2D eigenvalue weighted by atomic mass is 10.1. The van der Waals surface area contributed by atoms with Crippen molar-refractivity contribution in [1.82, 2.24) is 0 Å². The molecule has 0 amide bonds. The first-order valence-corrected chi connectivity index (χ1v) is 21.8. The third-order valence-corrected chi connectivity index (χ3v) is 17.8. The zero-order valence-corrected chi connectivity index (χ0v) is 31.8. The SMILES string of the molecule is CCOCCOC(/C=C/C(C)=C/CC(COCc1ccc(OC)cc1)O[Si](C)(C)C(C)(C)C)CCO[Si](C)(C)C(C)(C)C. The molecule has 1 aromatic carbocycles. The maximum absolute atomic E-state index is 6.82. The first-order valence-electron chi connectivity index (χ1n) is 16.0. The molecule has 0 aliphatic carbocycles. The molecule has 0 bridgehead atoms. The van der Waals surface area contributed by atoms with E-state index in [1.54, 1.807) is 7.11 Å². The van der Waals surface area contributed by atoms with Gasteiger partial charge in [-0.15, -0.1) is 0 Å². The second kappa shape index (κ2) is 18.6. The monoisotopic (exact) mass is 636 g/mol. The zero-order valence-electron chi connectivity index (χ0n) is 29.8. The van der Waals surface area contributed by atoms with Crippen LogP contribution < -0.4 is 4.74 Å². The van der Waals surface area contributed by atoms with Crippen LogP contribution in [0.15, 0.2) is 48.1 Å². The summed E-state index contributed by atoms with van der Waals surface area (Å²) in [6, 6.07) is 8.02. The summed E-state index contributed by atoms with van der Waals surface area (Å²) >= 11 is 0. The molecule has 2 atom stereocenters. The van der Waals surface area contributed by atoms with E-state index >= 15 is 0 Å². The minimum Gasteiger partial charge on any atom is -0.497 e. The summed E-state index contributed by atoms with van der Waals surface area (Å²) in [7, 11) is -2.09. The van der Waals surface area contributed by atoms with Gasteiger partial charge in [0.05, 0.1) is 45.7 Å². The Morgan fingerprint density at radius 3 is 2.05 bits per heavy atom. The van der Waals surface area contributed by atoms with Gasteiger partial charge in [-0.25, -0.2) is 0 Å². The minimum atomic E-state index is -1.97. The van der Waals surface area contributed by atoms with E-state index in [2.05, 4.69) is 92.9 Å². The quantitative estimate of drug-likeness (QED) is 0.0808. The van der Waals surface area contributed by atoms with Crippen molar-refractivity contribution in [2.24, 2.45) is 0 Å². The van der Waals surface area contributed by atoms with Gasteiger partial charge in [-0.2, -0.15) is 0 Å². The van der Waals surface area contributed by atoms with Crippen molar-refractivity contribution in [3.05, 3.63) is 53.6 Å². The highest BCUT2D eigenvalue weighted by Gasteiger charge is 2.39. The number of allylic oxidation sites excluding steroid dienone is 2. The molecule has 0 heterocycles. The molecular formula is C35H64O6Si2. The predicted octanol–water partition coefficient (Wildman–Crippen LogP) is 9.33. The van der Waals surface area contributed by atoms with Crippen LogP contribution in [0.5, 0.6) is 5.75 Å². The minimum absolute atomic E-state index is 0.0151. The van der Waals surface area contributed by atoms with Gasteiger partial charge in [0.2, 0.25) is 0 Å². The lowest BCUT2D eigenvalue weighted by molar-refractivity contribution is 0.0186. The summed E-state index contributed by atoms with van der Waals surface area (Å²) in [6.45, 7) is 30.6. The van der Waals surface area contributed by atoms with Crippen LogP contribution >= 0.6 is 0 Å². The number of benzene rings is 1. The molecule has 0 saturated carbocycles. The van der Waals surface area contributed by atoms with E-state index in [-0.39, 0.29) is 22.3 Å². The fraction of sp³-hybridized carbons (Fsp3) is 0.714. The Kier molecular flexibility index (Phi) is 17.2. The van der Waals surface area contributed by atoms with Crippen LogP contribution in [0.2, 0.25) is 36.3 Å². The summed E-state index contributed by atoms with van der Waals surface area (Å²) in [4.78, 5) is 0. The number of ether oxygens (including phenoxy) is 4. The van der Waals surface area contributed by atoms with Crippen molar-refractivity contribution >= 4 is 16.6 Å². The summed E-state index contributed by atoms with van der Waals surface area (Å²) in [5.41, 5.74) is 2.30. The molecule has 0 saturated heterocycles. The highest BCUT2D eigenvalue weighted by molar-refractivity contribution is 6.74. The second-order valence-corrected chi connectivity index (χ2v) is 24.0. The van der Waals surface area contributed by atoms with Gasteiger partial charge >= 0.3 is 0 Å². The van der Waals surface area contributed by atoms with Gasteiger partial charge < -0.3 is 27.8 Å². The number of hydrogen-bond acceptors (Lipinski definition) is 6. The fourth-order valence-corrected chi connectivity index (χ4v) is 6.12. The van der Waals surface area contributed by atoms with Crippen LogP contribution in [0.25, 0.3) is 0 Å². The summed E-state index contributed by atoms with van der Waals surface area (Å²) in [6.07, 6.45) is 8.15. The van der Waals surface area contributed by atoms with Crippen LogP contribution in [-0.2, 0) is 29.7 Å². The van der Waals surface area contributed by atoms with E-state index in [0.717, 1.165) is 24.2 Å². The van der Waals surface area contributed by atoms with Crippen molar-refractivity contribution in [2.75, 3.05) is 40.1 Å². The van der Waals surface area contributed by atoms with Gasteiger partial charge in [0.1, 0.15) is 5.75 Å². The predicted molar refractivity (Wildman–Crippen MR) is 186 cm³/mol. The molecule has 0 fully saturated rings. The van der Waals surface area contributed by atoms with Gasteiger partial charge in [-0.1, -0.05) is 77.5 Å². The average molecular weight is 637 g/mol. The van der Waals surface area contributed by atoms with Crippen LogP contribution in [0.4, 0.5) is 0 Å². The molecule has 0 aromatic heterocycles. The molecule has 0 spiro atoms. The average Bonchev–Trinajstić information content (AvgIpc) is 2.91. The lowest BCUT2D eigenvalue weighted by Gasteiger charge is -2.39. The molecular weight excluding hydrogens is 573 g/mol. The molecule has 248 valence electrons. The normalized spacial score (nSPS) is 15.2. The Hall–Kier alpha value is -1.27. The zero-order chi connectivity index (χ0) is 32.7. The second-order valence-electron chi connectivity index (χ2n) is 14.4. The van der Waals surface area contributed by atoms with Crippen molar-refractivity contribution in [3.8, 4) is 5.75 Å². The number of methoxy groups -OCH3 is 1. The first kappa shape index (κ1) is 39.8. The van der Waals surface area contributed by atoms with E-state index in [9.17, 15) is 0 Å². The van der Waals surface area contributed by atoms with E-state index in [1.807, 2.05) is 31.2 Å². The standard InChI is InChI=1S/C35H64O6Si2/c1-14-37-25-26-39-32(23-24-40-42(10,11)34(3,4)5)19-15-29(2)16-20-33(41-43(12,13)35(6,7)8)28-38-27-30-17-21-31(36-9)22-18-30/h15-19,21-22,32-33H,14,20,23-28H2,1-13H3/b19-15+,29-16+. The molecule has 0 radical (unpaired) electrons. The molecule has 1 aromatic rings. The Morgan fingerprint density at radius 2 is 1.49 bits per heavy atom. The number of rotatable bonds is 20. The molecule has 0 aliphatic rings. The molecule has 0 aliphatic heterocycles. The molecule has 2 unspecified atom stereocenters. The van der Waals surface area contributed by atoms with E-state index in [0.29, 0.717) is 39.6 Å². The third-order valence-electron chi connectivity index (χ3n) is 8.71. The van der Waals surface area contributed by atoms with Crippen molar-refractivity contribution < 1.29 is 27.8 Å². The summed E-state index contributed by atoms with van der Waals surface area (Å²) < 4.78 is 36.4. The Balaban J connectivity index is 2.91. The molecule has 1 rings (SSSR count). The van der Waals surface area contributed by atoms with Gasteiger partial charge in [0.15, 0.2) is 16.6 Å². The van der Waals surface area contributed by atoms with Gasteiger partial charge in [0, 0.05) is 13.2 Å². The van der Waals surface area contributed by atoms with Crippen molar-refractivity contribution in [2.45, 2.75) is 123 Å². The smallest absolute Gasteiger partial charge is 0.192 e. The Morgan fingerprint density at radius 1 is 0.860 bits per heavy atom. The van der Waals surface area contributed by atoms with E-state index in [4.69, 9.17) is 27.8 Å². The summed E-state index contributed by atoms with van der Waals surface area (Å²) in [5, 5.41) is 0.313. The Bertz CT molecular complexity index is 958. The van der Waals surface area contributed by atoms with Gasteiger partial charge in [-0.05, 0) is 80.6 Å². The maximum atomic E-state index is 6.82. The Labute approximate surface area is 266 Å². The van der Waals surface area contributed by atoms with Gasteiger partial charge in [0.25, 0.3) is 0 Å². The lowest BCUT2D eigenvalue weighted by Crippen LogP contribution is -2.45. The number of hydrogen-bond donors (Lipinski definition) is 0. The van der Waals surface area contributed by atoms with Crippen LogP contribution in [0.3, 0.4) is 0 Å². The van der Waals surface area contributed by atoms with Crippen LogP contribution in [0.1, 0.15) is 73.8 Å². The topological polar surface area (TPSA) is 55.4 Å². The van der Waals surface area contributed by atoms with E-state index < -0.39 is 16.6 Å². The maximum Gasteiger partial charge on any atom is 0.192 e. The molecule has 6 nitrogen and oxygen atoms in total. The first-order chi connectivity index (χ1) is 19.9. The fourth-order valence-electron chi connectivity index (χ4n) is 3.70. The van der Waals surface area contributed by atoms with E-state index in [1.165, 1.54) is 5.57 Å². The van der Waals surface area contributed by atoms with Crippen LogP contribution in [0, 0.1) is 0 Å². The largest absolute Gasteiger partial charge is 0.497 e. The molecule has 43 heavy (non-hydrogen) atoms. The van der Waals surface area contributed by atoms with Crippen molar-refractivity contribution in [1.29, 1.82) is 0 Å². The highest BCUT2D eigenvalue weighted by atomic mass is 28.4. The summed E-state index contributed by atoms with van der Waals surface area (Å²) in [5.74, 6) is 0.849. The molecule has 8 heteroatoms. The van der Waals surface area contributed by atoms with Gasteiger partial charge in [-0.3, -0.25) is 0 Å². The van der Waals surface area contributed by atoms with Crippen LogP contribution in [-0.4, -0.2) is 69.0 Å². The third kappa shape index (κ3) is 15.5. The van der Waals surface area contributed by atoms with Crippen molar-refractivity contribution in [3.63, 3.8) is 0 Å². The molecule has 0 N–H and O–H groups in total. The highest BCUT2D eigenvalue weighted by Crippen LogP contribution is 2.38.